The lowest BCUT2D eigenvalue weighted by molar-refractivity contribution is 0.103. The van der Waals surface area contributed by atoms with Crippen molar-refractivity contribution in [1.82, 2.24) is 14.8 Å². The number of hydrogen-bond acceptors (Lipinski definition) is 5. The van der Waals surface area contributed by atoms with E-state index in [9.17, 15) is 4.79 Å². The Hall–Kier alpha value is -3.19. The second-order valence-corrected chi connectivity index (χ2v) is 7.99. The Bertz CT molecular complexity index is 1170. The molecule has 3 heterocycles. The molecule has 4 rings (SSSR count). The Labute approximate surface area is 173 Å². The van der Waals surface area contributed by atoms with Gasteiger partial charge in [0, 0.05) is 16.9 Å². The number of benzene rings is 1. The third-order valence-electron chi connectivity index (χ3n) is 4.75. The first-order chi connectivity index (χ1) is 13.9. The molecule has 0 saturated heterocycles. The minimum Gasteiger partial charge on any atom is -0.441 e. The van der Waals surface area contributed by atoms with Crippen molar-refractivity contribution in [3.8, 4) is 11.5 Å². The van der Waals surface area contributed by atoms with E-state index in [1.54, 1.807) is 0 Å². The summed E-state index contributed by atoms with van der Waals surface area (Å²) in [5, 5.41) is 9.34. The van der Waals surface area contributed by atoms with E-state index in [2.05, 4.69) is 15.4 Å². The van der Waals surface area contributed by atoms with Crippen molar-refractivity contribution in [3.05, 3.63) is 75.1 Å². The molecule has 148 valence electrons. The quantitative estimate of drug-likeness (QED) is 0.498. The average molecular weight is 407 g/mol. The van der Waals surface area contributed by atoms with Gasteiger partial charge in [-0.2, -0.15) is 5.10 Å². The molecule has 0 aliphatic carbocycles. The number of amides is 1. The van der Waals surface area contributed by atoms with Crippen LogP contribution in [0.3, 0.4) is 0 Å². The fraction of sp³-hybridized carbons (Fsp3) is 0.227. The number of nitrogens with zero attached hydrogens (tertiary/aromatic N) is 3. The number of thiophene rings is 1. The highest BCUT2D eigenvalue weighted by atomic mass is 32.1. The van der Waals surface area contributed by atoms with Crippen molar-refractivity contribution in [3.63, 3.8) is 0 Å². The number of oxazole rings is 1. The van der Waals surface area contributed by atoms with Crippen LogP contribution in [-0.2, 0) is 6.54 Å². The number of hydrogen-bond donors (Lipinski definition) is 1. The first kappa shape index (κ1) is 19.1. The van der Waals surface area contributed by atoms with Crippen LogP contribution in [0.5, 0.6) is 0 Å². The third-order valence-corrected chi connectivity index (χ3v) is 5.77. The van der Waals surface area contributed by atoms with Crippen LogP contribution in [0.4, 0.5) is 5.69 Å². The zero-order valence-electron chi connectivity index (χ0n) is 16.8. The molecule has 0 spiro atoms. The molecule has 0 saturated carbocycles. The number of aromatic nitrogens is 3. The summed E-state index contributed by atoms with van der Waals surface area (Å²) >= 11 is 1.44. The van der Waals surface area contributed by atoms with Crippen LogP contribution in [0.1, 0.15) is 38.1 Å². The van der Waals surface area contributed by atoms with E-state index in [-0.39, 0.29) is 5.91 Å². The number of carbonyl (C=O) groups excluding carboxylic acids is 1. The molecule has 3 aromatic heterocycles. The van der Waals surface area contributed by atoms with Crippen LogP contribution in [0, 0.1) is 27.7 Å². The molecule has 1 aromatic carbocycles. The van der Waals surface area contributed by atoms with Gasteiger partial charge in [-0.3, -0.25) is 9.48 Å². The minimum atomic E-state index is -0.0932. The predicted octanol–water partition coefficient (Wildman–Crippen LogP) is 5.13. The van der Waals surface area contributed by atoms with E-state index < -0.39 is 0 Å². The molecule has 7 heteroatoms. The second kappa shape index (κ2) is 7.67. The van der Waals surface area contributed by atoms with Crippen LogP contribution < -0.4 is 5.32 Å². The molecule has 0 fully saturated rings. The molecule has 1 N–H and O–H groups in total. The van der Waals surface area contributed by atoms with Gasteiger partial charge < -0.3 is 9.73 Å². The van der Waals surface area contributed by atoms with Crippen LogP contribution in [0.25, 0.3) is 11.5 Å². The Morgan fingerprint density at radius 1 is 1.14 bits per heavy atom. The highest BCUT2D eigenvalue weighted by Crippen LogP contribution is 2.25. The Morgan fingerprint density at radius 3 is 2.52 bits per heavy atom. The van der Waals surface area contributed by atoms with Crippen molar-refractivity contribution < 1.29 is 9.21 Å². The number of nitrogens with one attached hydrogen (secondary N) is 1. The van der Waals surface area contributed by atoms with E-state index in [0.29, 0.717) is 12.4 Å². The molecule has 29 heavy (non-hydrogen) atoms. The molecule has 0 unspecified atom stereocenters. The smallest absolute Gasteiger partial charge is 0.265 e. The summed E-state index contributed by atoms with van der Waals surface area (Å²) in [5.41, 5.74) is 5.51. The van der Waals surface area contributed by atoms with Gasteiger partial charge in [0.25, 0.3) is 5.91 Å². The Balaban J connectivity index is 1.50. The Kier molecular flexibility index (Phi) is 5.07. The summed E-state index contributed by atoms with van der Waals surface area (Å²) < 4.78 is 7.80. The number of rotatable bonds is 5. The van der Waals surface area contributed by atoms with Crippen molar-refractivity contribution >= 4 is 22.9 Å². The average Bonchev–Trinajstić information content (AvgIpc) is 3.36. The standard InChI is InChI=1S/C22H22N4O2S/c1-13-9-10-29-20(13)21(27)23-18-7-5-17(6-8-18)22-24-19(16(4)28-22)12-26-15(3)11-14(2)25-26/h5-11H,12H2,1-4H3,(H,23,27). The third kappa shape index (κ3) is 4.00. The lowest BCUT2D eigenvalue weighted by Gasteiger charge is -2.05. The molecule has 0 atom stereocenters. The number of aryl methyl sites for hydroxylation is 4. The first-order valence-corrected chi connectivity index (χ1v) is 10.2. The van der Waals surface area contributed by atoms with Crippen LogP contribution in [-0.4, -0.2) is 20.7 Å². The molecule has 1 amide bonds. The zero-order chi connectivity index (χ0) is 20.5. The minimum absolute atomic E-state index is 0.0932. The van der Waals surface area contributed by atoms with Gasteiger partial charge in [0.1, 0.15) is 11.5 Å². The molecule has 4 aromatic rings. The number of anilines is 1. The maximum absolute atomic E-state index is 12.4. The summed E-state index contributed by atoms with van der Waals surface area (Å²) in [6.45, 7) is 8.42. The van der Waals surface area contributed by atoms with Gasteiger partial charge in [0.2, 0.25) is 5.89 Å². The summed E-state index contributed by atoms with van der Waals surface area (Å²) in [6, 6.07) is 11.5. The maximum atomic E-state index is 12.4. The van der Waals surface area contributed by atoms with Crippen molar-refractivity contribution in [2.24, 2.45) is 0 Å². The maximum Gasteiger partial charge on any atom is 0.265 e. The lowest BCUT2D eigenvalue weighted by Crippen LogP contribution is -2.11. The van der Waals surface area contributed by atoms with Crippen molar-refractivity contribution in [2.45, 2.75) is 34.2 Å². The predicted molar refractivity (Wildman–Crippen MR) is 114 cm³/mol. The largest absolute Gasteiger partial charge is 0.441 e. The first-order valence-electron chi connectivity index (χ1n) is 9.34. The molecular weight excluding hydrogens is 384 g/mol. The van der Waals surface area contributed by atoms with Crippen LogP contribution in [0.2, 0.25) is 0 Å². The molecular formula is C22H22N4O2S. The molecule has 0 bridgehead atoms. The SMILES string of the molecule is Cc1cc(C)n(Cc2nc(-c3ccc(NC(=O)c4sccc4C)cc3)oc2C)n1. The highest BCUT2D eigenvalue weighted by molar-refractivity contribution is 7.12. The van der Waals surface area contributed by atoms with Gasteiger partial charge in [0.15, 0.2) is 0 Å². The molecule has 0 aliphatic rings. The summed E-state index contributed by atoms with van der Waals surface area (Å²) in [5.74, 6) is 1.24. The molecule has 0 aliphatic heterocycles. The summed E-state index contributed by atoms with van der Waals surface area (Å²) in [4.78, 5) is 17.7. The Morgan fingerprint density at radius 2 is 1.90 bits per heavy atom. The van der Waals surface area contributed by atoms with Gasteiger partial charge in [-0.25, -0.2) is 4.98 Å². The zero-order valence-corrected chi connectivity index (χ0v) is 17.6. The van der Waals surface area contributed by atoms with Gasteiger partial charge in [0.05, 0.1) is 17.1 Å². The van der Waals surface area contributed by atoms with Gasteiger partial charge >= 0.3 is 0 Å². The van der Waals surface area contributed by atoms with E-state index in [1.165, 1.54) is 11.3 Å². The molecule has 0 radical (unpaired) electrons. The van der Waals surface area contributed by atoms with E-state index in [1.807, 2.05) is 74.2 Å². The number of carbonyl (C=O) groups is 1. The fourth-order valence-corrected chi connectivity index (χ4v) is 3.98. The van der Waals surface area contributed by atoms with E-state index in [4.69, 9.17) is 4.42 Å². The van der Waals surface area contributed by atoms with Gasteiger partial charge in [-0.1, -0.05) is 0 Å². The summed E-state index contributed by atoms with van der Waals surface area (Å²) in [6.07, 6.45) is 0. The van der Waals surface area contributed by atoms with Crippen LogP contribution >= 0.6 is 11.3 Å². The summed E-state index contributed by atoms with van der Waals surface area (Å²) in [7, 11) is 0. The van der Waals surface area contributed by atoms with Crippen molar-refractivity contribution in [1.29, 1.82) is 0 Å². The van der Waals surface area contributed by atoms with Gasteiger partial charge in [-0.15, -0.1) is 11.3 Å². The monoisotopic (exact) mass is 406 g/mol. The lowest BCUT2D eigenvalue weighted by atomic mass is 10.2. The van der Waals surface area contributed by atoms with Crippen LogP contribution in [0.15, 0.2) is 46.2 Å². The van der Waals surface area contributed by atoms with E-state index in [0.717, 1.165) is 44.5 Å². The fourth-order valence-electron chi connectivity index (χ4n) is 3.16. The van der Waals surface area contributed by atoms with Crippen molar-refractivity contribution in [2.75, 3.05) is 5.32 Å². The second-order valence-electron chi connectivity index (χ2n) is 7.07. The van der Waals surface area contributed by atoms with E-state index >= 15 is 0 Å². The normalized spacial score (nSPS) is 11.0. The molecule has 6 nitrogen and oxygen atoms in total. The highest BCUT2D eigenvalue weighted by Gasteiger charge is 2.14. The topological polar surface area (TPSA) is 73.0 Å². The van der Waals surface area contributed by atoms with Gasteiger partial charge in [-0.05, 0) is 75.0 Å².